The molecule has 0 aliphatic heterocycles. The molecule has 1 unspecified atom stereocenters. The summed E-state index contributed by atoms with van der Waals surface area (Å²) >= 11 is 1.50. The molecule has 0 aliphatic carbocycles. The molecule has 0 heterocycles. The summed E-state index contributed by atoms with van der Waals surface area (Å²) in [5.74, 6) is 2.10. The summed E-state index contributed by atoms with van der Waals surface area (Å²) in [6.07, 6.45) is 0. The van der Waals surface area contributed by atoms with Crippen molar-refractivity contribution in [2.24, 2.45) is 0 Å². The number of anilines is 1. The quantitative estimate of drug-likeness (QED) is 0.730. The van der Waals surface area contributed by atoms with Gasteiger partial charge in [-0.05, 0) is 43.3 Å². The van der Waals surface area contributed by atoms with Crippen molar-refractivity contribution >= 4 is 23.4 Å². The molecule has 2 rings (SSSR count). The van der Waals surface area contributed by atoms with Crippen LogP contribution < -0.4 is 14.8 Å². The zero-order valence-corrected chi connectivity index (χ0v) is 15.0. The molecule has 2 aromatic carbocycles. The van der Waals surface area contributed by atoms with Crippen LogP contribution in [0.5, 0.6) is 11.5 Å². The number of amides is 1. The molecular weight excluding hydrogens is 336 g/mol. The maximum atomic E-state index is 12.2. The second-order valence-corrected chi connectivity index (χ2v) is 6.63. The minimum absolute atomic E-state index is 0.128. The number of nitriles is 1. The van der Waals surface area contributed by atoms with Crippen LogP contribution in [0, 0.1) is 11.3 Å². The molecule has 5 nitrogen and oxygen atoms in total. The summed E-state index contributed by atoms with van der Waals surface area (Å²) in [6, 6.07) is 16.4. The van der Waals surface area contributed by atoms with E-state index < -0.39 is 0 Å². The monoisotopic (exact) mass is 356 g/mol. The minimum atomic E-state index is -0.244. The largest absolute Gasteiger partial charge is 0.497 e. The summed E-state index contributed by atoms with van der Waals surface area (Å²) in [4.78, 5) is 12.2. The normalized spacial score (nSPS) is 11.2. The lowest BCUT2D eigenvalue weighted by atomic mass is 10.2. The standard InChI is InChI=1S/C19H20N2O3S/c1-14(19(22)21-18-6-4-3-5-15(18)13-20)25-12-11-24-17-9-7-16(23-2)8-10-17/h3-10,14H,11-12H2,1-2H3,(H,21,22). The van der Waals surface area contributed by atoms with Crippen LogP contribution in [0.25, 0.3) is 0 Å². The molecule has 25 heavy (non-hydrogen) atoms. The van der Waals surface area contributed by atoms with Crippen LogP contribution in [0.4, 0.5) is 5.69 Å². The van der Waals surface area contributed by atoms with Crippen molar-refractivity contribution in [3.05, 3.63) is 54.1 Å². The lowest BCUT2D eigenvalue weighted by Gasteiger charge is -2.13. The van der Waals surface area contributed by atoms with Crippen LogP contribution >= 0.6 is 11.8 Å². The number of carbonyl (C=O) groups excluding carboxylic acids is 1. The second kappa shape index (κ2) is 9.60. The fourth-order valence-corrected chi connectivity index (χ4v) is 2.80. The summed E-state index contributed by atoms with van der Waals surface area (Å²) < 4.78 is 10.7. The Hall–Kier alpha value is -2.65. The molecule has 130 valence electrons. The molecule has 6 heteroatoms. The van der Waals surface area contributed by atoms with Crippen molar-refractivity contribution in [3.63, 3.8) is 0 Å². The number of ether oxygens (including phenoxy) is 2. The first-order chi connectivity index (χ1) is 12.1. The van der Waals surface area contributed by atoms with Crippen molar-refractivity contribution in [2.75, 3.05) is 24.8 Å². The van der Waals surface area contributed by atoms with Gasteiger partial charge in [-0.2, -0.15) is 5.26 Å². The lowest BCUT2D eigenvalue weighted by Crippen LogP contribution is -2.23. The van der Waals surface area contributed by atoms with Crippen molar-refractivity contribution in [1.29, 1.82) is 5.26 Å². The first-order valence-corrected chi connectivity index (χ1v) is 8.87. The predicted molar refractivity (Wildman–Crippen MR) is 100 cm³/mol. The number of rotatable bonds is 8. The van der Waals surface area contributed by atoms with Gasteiger partial charge in [0.05, 0.1) is 30.2 Å². The number of hydrogen-bond donors (Lipinski definition) is 1. The van der Waals surface area contributed by atoms with Gasteiger partial charge in [-0.15, -0.1) is 11.8 Å². The maximum Gasteiger partial charge on any atom is 0.237 e. The summed E-state index contributed by atoms with van der Waals surface area (Å²) in [5, 5.41) is 11.6. The number of nitrogens with one attached hydrogen (secondary N) is 1. The van der Waals surface area contributed by atoms with E-state index in [2.05, 4.69) is 11.4 Å². The van der Waals surface area contributed by atoms with E-state index in [-0.39, 0.29) is 11.2 Å². The average molecular weight is 356 g/mol. The highest BCUT2D eigenvalue weighted by molar-refractivity contribution is 8.00. The molecule has 1 atom stereocenters. The van der Waals surface area contributed by atoms with Crippen molar-refractivity contribution in [2.45, 2.75) is 12.2 Å². The number of benzene rings is 2. The highest BCUT2D eigenvalue weighted by atomic mass is 32.2. The van der Waals surface area contributed by atoms with Gasteiger partial charge in [-0.3, -0.25) is 4.79 Å². The molecule has 1 amide bonds. The molecule has 0 saturated carbocycles. The van der Waals surface area contributed by atoms with Gasteiger partial charge >= 0.3 is 0 Å². The third-order valence-corrected chi connectivity index (χ3v) is 4.57. The van der Waals surface area contributed by atoms with Gasteiger partial charge in [0, 0.05) is 5.75 Å². The number of carbonyl (C=O) groups is 1. The molecule has 0 fully saturated rings. The van der Waals surface area contributed by atoms with Gasteiger partial charge in [0.15, 0.2) is 0 Å². The lowest BCUT2D eigenvalue weighted by molar-refractivity contribution is -0.115. The third kappa shape index (κ3) is 5.73. The van der Waals surface area contributed by atoms with Gasteiger partial charge in [0.1, 0.15) is 17.6 Å². The van der Waals surface area contributed by atoms with Gasteiger partial charge in [0.2, 0.25) is 5.91 Å². The van der Waals surface area contributed by atoms with E-state index in [9.17, 15) is 4.79 Å². The summed E-state index contributed by atoms with van der Waals surface area (Å²) in [7, 11) is 1.62. The highest BCUT2D eigenvalue weighted by Gasteiger charge is 2.14. The van der Waals surface area contributed by atoms with E-state index in [4.69, 9.17) is 14.7 Å². The molecule has 2 aromatic rings. The molecule has 0 aliphatic rings. The van der Waals surface area contributed by atoms with Gasteiger partial charge in [-0.25, -0.2) is 0 Å². The van der Waals surface area contributed by atoms with E-state index in [1.807, 2.05) is 31.2 Å². The van der Waals surface area contributed by atoms with E-state index >= 15 is 0 Å². The van der Waals surface area contributed by atoms with E-state index in [0.29, 0.717) is 23.6 Å². The Morgan fingerprint density at radius 1 is 1.20 bits per heavy atom. The number of nitrogens with zero attached hydrogens (tertiary/aromatic N) is 1. The van der Waals surface area contributed by atoms with Gasteiger partial charge in [-0.1, -0.05) is 12.1 Å². The Kier molecular flexibility index (Phi) is 7.17. The van der Waals surface area contributed by atoms with Crippen LogP contribution in [0.1, 0.15) is 12.5 Å². The molecular formula is C19H20N2O3S. The number of methoxy groups -OCH3 is 1. The number of para-hydroxylation sites is 1. The predicted octanol–water partition coefficient (Wildman–Crippen LogP) is 3.71. The van der Waals surface area contributed by atoms with Crippen LogP contribution in [0.15, 0.2) is 48.5 Å². The maximum absolute atomic E-state index is 12.2. The highest BCUT2D eigenvalue weighted by Crippen LogP contribution is 2.19. The molecule has 0 spiro atoms. The number of thioether (sulfide) groups is 1. The summed E-state index contributed by atoms with van der Waals surface area (Å²) in [5.41, 5.74) is 0.993. The van der Waals surface area contributed by atoms with Crippen molar-refractivity contribution < 1.29 is 14.3 Å². The van der Waals surface area contributed by atoms with Gasteiger partial charge in [0.25, 0.3) is 0 Å². The van der Waals surface area contributed by atoms with Crippen LogP contribution in [0.2, 0.25) is 0 Å². The fraction of sp³-hybridized carbons (Fsp3) is 0.263. The van der Waals surface area contributed by atoms with E-state index in [0.717, 1.165) is 11.5 Å². The Labute approximate surface area is 151 Å². The Morgan fingerprint density at radius 3 is 2.56 bits per heavy atom. The van der Waals surface area contributed by atoms with E-state index in [1.54, 1.807) is 31.4 Å². The van der Waals surface area contributed by atoms with Crippen LogP contribution in [-0.2, 0) is 4.79 Å². The number of hydrogen-bond acceptors (Lipinski definition) is 5. The Morgan fingerprint density at radius 2 is 1.88 bits per heavy atom. The van der Waals surface area contributed by atoms with Crippen molar-refractivity contribution in [1.82, 2.24) is 0 Å². The zero-order valence-electron chi connectivity index (χ0n) is 14.2. The summed E-state index contributed by atoms with van der Waals surface area (Å²) in [6.45, 7) is 2.34. The fourth-order valence-electron chi connectivity index (χ4n) is 2.06. The van der Waals surface area contributed by atoms with Crippen molar-refractivity contribution in [3.8, 4) is 17.6 Å². The van der Waals surface area contributed by atoms with E-state index in [1.165, 1.54) is 11.8 Å². The molecule has 0 radical (unpaired) electrons. The average Bonchev–Trinajstić information content (AvgIpc) is 2.65. The van der Waals surface area contributed by atoms with Gasteiger partial charge < -0.3 is 14.8 Å². The smallest absolute Gasteiger partial charge is 0.237 e. The molecule has 0 bridgehead atoms. The third-order valence-electron chi connectivity index (χ3n) is 3.45. The van der Waals surface area contributed by atoms with Crippen LogP contribution in [0.3, 0.4) is 0 Å². The molecule has 1 N–H and O–H groups in total. The first kappa shape index (κ1) is 18.7. The molecule has 0 aromatic heterocycles. The topological polar surface area (TPSA) is 71.3 Å². The first-order valence-electron chi connectivity index (χ1n) is 7.82. The zero-order chi connectivity index (χ0) is 18.1. The minimum Gasteiger partial charge on any atom is -0.497 e. The van der Waals surface area contributed by atoms with Crippen LogP contribution in [-0.4, -0.2) is 30.6 Å². The molecule has 0 saturated heterocycles. The Bertz CT molecular complexity index is 741. The SMILES string of the molecule is COc1ccc(OCCSC(C)C(=O)Nc2ccccc2C#N)cc1. The second-order valence-electron chi connectivity index (χ2n) is 5.18. The Balaban J connectivity index is 1.74.